The van der Waals surface area contributed by atoms with Gasteiger partial charge in [0, 0.05) is 11.6 Å². The second-order valence-electron chi connectivity index (χ2n) is 4.17. The zero-order valence-electron chi connectivity index (χ0n) is 10.3. The molecule has 0 bridgehead atoms. The fourth-order valence-electron chi connectivity index (χ4n) is 1.82. The highest BCUT2D eigenvalue weighted by Crippen LogP contribution is 2.37. The molecule has 3 rings (SSSR count). The number of pyridine rings is 1. The fourth-order valence-corrected chi connectivity index (χ4v) is 2.23. The maximum Gasteiger partial charge on any atom is 0.218 e. The maximum absolute atomic E-state index is 13.3. The van der Waals surface area contributed by atoms with Gasteiger partial charge in [-0.05, 0) is 24.3 Å². The summed E-state index contributed by atoms with van der Waals surface area (Å²) in [5, 5.41) is 18.5. The van der Waals surface area contributed by atoms with Gasteiger partial charge in [0.15, 0.2) is 11.5 Å². The molecule has 0 unspecified atom stereocenters. The van der Waals surface area contributed by atoms with Crippen LogP contribution < -0.4 is 0 Å². The van der Waals surface area contributed by atoms with Crippen molar-refractivity contribution >= 4 is 45.6 Å². The third-order valence-corrected chi connectivity index (χ3v) is 3.23. The van der Waals surface area contributed by atoms with Crippen molar-refractivity contribution in [1.82, 2.24) is 9.97 Å². The van der Waals surface area contributed by atoms with Crippen LogP contribution in [0.4, 0.5) is 15.9 Å². The van der Waals surface area contributed by atoms with Crippen LogP contribution in [0.5, 0.6) is 5.88 Å². The smallest absolute Gasteiger partial charge is 0.218 e. The second kappa shape index (κ2) is 5.31. The highest BCUT2D eigenvalue weighted by Gasteiger charge is 2.11. The SMILES string of the molecule is Oc1[nH]c2ccc(F)cc2c1N=Nc1ncc(Cl)cc1Cl. The van der Waals surface area contributed by atoms with E-state index in [-0.39, 0.29) is 22.4 Å². The van der Waals surface area contributed by atoms with Crippen molar-refractivity contribution in [3.63, 3.8) is 0 Å². The van der Waals surface area contributed by atoms with Crippen molar-refractivity contribution in [1.29, 1.82) is 0 Å². The molecule has 2 aromatic heterocycles. The van der Waals surface area contributed by atoms with E-state index in [1.54, 1.807) is 0 Å². The standard InChI is InChI=1S/C13H7Cl2FN4O/c14-6-3-9(15)12(17-5-6)20-19-11-8-4-7(16)1-2-10(8)18-13(11)21/h1-5,18,21H. The summed E-state index contributed by atoms with van der Waals surface area (Å²) in [6.07, 6.45) is 1.37. The van der Waals surface area contributed by atoms with E-state index in [0.717, 1.165) is 0 Å². The molecule has 0 atom stereocenters. The molecule has 21 heavy (non-hydrogen) atoms. The average Bonchev–Trinajstić information content (AvgIpc) is 2.73. The van der Waals surface area contributed by atoms with E-state index in [9.17, 15) is 9.50 Å². The number of nitrogens with one attached hydrogen (secondary N) is 1. The minimum Gasteiger partial charge on any atom is -0.493 e. The van der Waals surface area contributed by atoms with E-state index >= 15 is 0 Å². The Labute approximate surface area is 128 Å². The van der Waals surface area contributed by atoms with Crippen LogP contribution in [-0.4, -0.2) is 15.1 Å². The molecule has 1 aromatic carbocycles. The third-order valence-electron chi connectivity index (χ3n) is 2.75. The first kappa shape index (κ1) is 13.8. The number of aromatic amines is 1. The Balaban J connectivity index is 2.06. The number of benzene rings is 1. The van der Waals surface area contributed by atoms with E-state index in [1.165, 1.54) is 30.5 Å². The van der Waals surface area contributed by atoms with E-state index < -0.39 is 5.82 Å². The molecule has 0 aliphatic heterocycles. The zero-order chi connectivity index (χ0) is 15.0. The molecular formula is C13H7Cl2FN4O. The van der Waals surface area contributed by atoms with Crippen LogP contribution in [0.3, 0.4) is 0 Å². The van der Waals surface area contributed by atoms with Gasteiger partial charge in [-0.25, -0.2) is 9.37 Å². The highest BCUT2D eigenvalue weighted by molar-refractivity contribution is 6.35. The van der Waals surface area contributed by atoms with Gasteiger partial charge in [0.2, 0.25) is 5.88 Å². The van der Waals surface area contributed by atoms with Crippen molar-refractivity contribution in [3.05, 3.63) is 46.3 Å². The number of rotatable bonds is 2. The number of aromatic hydroxyl groups is 1. The normalized spacial score (nSPS) is 11.6. The minimum absolute atomic E-state index is 0.109. The number of fused-ring (bicyclic) bond motifs is 1. The maximum atomic E-state index is 13.3. The first-order chi connectivity index (χ1) is 10.0. The van der Waals surface area contributed by atoms with E-state index in [1.807, 2.05) is 0 Å². The molecule has 2 heterocycles. The van der Waals surface area contributed by atoms with E-state index in [2.05, 4.69) is 20.2 Å². The number of aromatic nitrogens is 2. The topological polar surface area (TPSA) is 73.6 Å². The summed E-state index contributed by atoms with van der Waals surface area (Å²) in [5.41, 5.74) is 0.648. The quantitative estimate of drug-likeness (QED) is 0.641. The summed E-state index contributed by atoms with van der Waals surface area (Å²) in [6, 6.07) is 5.49. The van der Waals surface area contributed by atoms with Gasteiger partial charge >= 0.3 is 0 Å². The minimum atomic E-state index is -0.444. The Morgan fingerprint density at radius 3 is 2.76 bits per heavy atom. The largest absolute Gasteiger partial charge is 0.493 e. The number of hydrogen-bond acceptors (Lipinski definition) is 4. The first-order valence-corrected chi connectivity index (χ1v) is 6.53. The zero-order valence-corrected chi connectivity index (χ0v) is 11.8. The van der Waals surface area contributed by atoms with E-state index in [0.29, 0.717) is 15.9 Å². The molecule has 0 amide bonds. The van der Waals surface area contributed by atoms with Gasteiger partial charge < -0.3 is 10.1 Å². The monoisotopic (exact) mass is 324 g/mol. The molecule has 8 heteroatoms. The molecule has 2 N–H and O–H groups in total. The molecule has 0 fully saturated rings. The molecular weight excluding hydrogens is 318 g/mol. The van der Waals surface area contributed by atoms with Crippen LogP contribution in [0.2, 0.25) is 10.0 Å². The summed E-state index contributed by atoms with van der Waals surface area (Å²) in [7, 11) is 0. The second-order valence-corrected chi connectivity index (χ2v) is 5.01. The number of nitrogens with zero attached hydrogens (tertiary/aromatic N) is 3. The van der Waals surface area contributed by atoms with Crippen molar-refractivity contribution in [3.8, 4) is 5.88 Å². The lowest BCUT2D eigenvalue weighted by molar-refractivity contribution is 0.459. The molecule has 3 aromatic rings. The van der Waals surface area contributed by atoms with Crippen LogP contribution in [0.1, 0.15) is 0 Å². The van der Waals surface area contributed by atoms with Crippen molar-refractivity contribution in [2.75, 3.05) is 0 Å². The first-order valence-electron chi connectivity index (χ1n) is 5.77. The number of hydrogen-bond donors (Lipinski definition) is 2. The lowest BCUT2D eigenvalue weighted by atomic mass is 10.2. The van der Waals surface area contributed by atoms with Crippen molar-refractivity contribution in [2.45, 2.75) is 0 Å². The summed E-state index contributed by atoms with van der Waals surface area (Å²) in [6.45, 7) is 0. The third kappa shape index (κ3) is 2.68. The van der Waals surface area contributed by atoms with Crippen molar-refractivity contribution in [2.24, 2.45) is 10.2 Å². The Bertz CT molecular complexity index is 863. The molecule has 0 aliphatic rings. The van der Waals surface area contributed by atoms with Gasteiger partial charge in [0.25, 0.3) is 0 Å². The van der Waals surface area contributed by atoms with Gasteiger partial charge in [-0.3, -0.25) is 0 Å². The van der Waals surface area contributed by atoms with Crippen LogP contribution in [0, 0.1) is 5.82 Å². The van der Waals surface area contributed by atoms with Gasteiger partial charge in [-0.15, -0.1) is 10.2 Å². The summed E-state index contributed by atoms with van der Waals surface area (Å²) in [4.78, 5) is 6.59. The fraction of sp³-hybridized carbons (Fsp3) is 0. The predicted octanol–water partition coefficient (Wildman–Crippen LogP) is 5.13. The number of halogens is 3. The van der Waals surface area contributed by atoms with Gasteiger partial charge in [-0.2, -0.15) is 0 Å². The molecule has 0 saturated carbocycles. The van der Waals surface area contributed by atoms with Crippen molar-refractivity contribution < 1.29 is 9.50 Å². The van der Waals surface area contributed by atoms with Crippen LogP contribution in [0.15, 0.2) is 40.7 Å². The van der Waals surface area contributed by atoms with Gasteiger partial charge in [0.1, 0.15) is 5.82 Å². The molecule has 0 radical (unpaired) electrons. The van der Waals surface area contributed by atoms with E-state index in [4.69, 9.17) is 23.2 Å². The molecule has 106 valence electrons. The Morgan fingerprint density at radius 1 is 1.19 bits per heavy atom. The molecule has 0 saturated heterocycles. The lowest BCUT2D eigenvalue weighted by Crippen LogP contribution is -1.75. The molecule has 0 spiro atoms. The van der Waals surface area contributed by atoms with Gasteiger partial charge in [-0.1, -0.05) is 23.2 Å². The van der Waals surface area contributed by atoms with Crippen LogP contribution in [0.25, 0.3) is 10.9 Å². The number of H-pyrrole nitrogens is 1. The Hall–Kier alpha value is -2.18. The van der Waals surface area contributed by atoms with Crippen LogP contribution in [-0.2, 0) is 0 Å². The Kier molecular flexibility index (Phi) is 3.48. The molecule has 5 nitrogen and oxygen atoms in total. The summed E-state index contributed by atoms with van der Waals surface area (Å²) >= 11 is 11.7. The van der Waals surface area contributed by atoms with Gasteiger partial charge in [0.05, 0.1) is 15.6 Å². The predicted molar refractivity (Wildman–Crippen MR) is 78.4 cm³/mol. The highest BCUT2D eigenvalue weighted by atomic mass is 35.5. The number of azo groups is 1. The van der Waals surface area contributed by atoms with Crippen LogP contribution >= 0.6 is 23.2 Å². The average molecular weight is 325 g/mol. The summed E-state index contributed by atoms with van der Waals surface area (Å²) < 4.78 is 13.3. The summed E-state index contributed by atoms with van der Waals surface area (Å²) in [5.74, 6) is -0.517. The molecule has 0 aliphatic carbocycles. The lowest BCUT2D eigenvalue weighted by Gasteiger charge is -1.96. The Morgan fingerprint density at radius 2 is 2.00 bits per heavy atom.